The number of ether oxygens (including phenoxy) is 1. The molecule has 2 heterocycles. The third-order valence-corrected chi connectivity index (χ3v) is 4.47. The molecule has 10 heteroatoms. The van der Waals surface area contributed by atoms with Crippen LogP contribution in [-0.4, -0.2) is 21.3 Å². The first-order valence-corrected chi connectivity index (χ1v) is 9.36. The van der Waals surface area contributed by atoms with E-state index in [1.54, 1.807) is 17.5 Å². The van der Waals surface area contributed by atoms with E-state index < -0.39 is 5.82 Å². The van der Waals surface area contributed by atoms with Gasteiger partial charge in [-0.3, -0.25) is 5.43 Å². The Morgan fingerprint density at radius 2 is 2.07 bits per heavy atom. The summed E-state index contributed by atoms with van der Waals surface area (Å²) in [6.07, 6.45) is 1.53. The maximum absolute atomic E-state index is 14.3. The van der Waals surface area contributed by atoms with Crippen LogP contribution >= 0.6 is 11.3 Å². The van der Waals surface area contributed by atoms with Crippen molar-refractivity contribution in [2.75, 3.05) is 11.2 Å². The van der Waals surface area contributed by atoms with E-state index in [1.165, 1.54) is 23.6 Å². The summed E-state index contributed by atoms with van der Waals surface area (Å²) < 4.78 is 25.0. The minimum atomic E-state index is -0.473. The molecule has 29 heavy (non-hydrogen) atoms. The first-order chi connectivity index (χ1) is 14.2. The highest BCUT2D eigenvalue weighted by atomic mass is 32.1. The average molecular weight is 410 g/mol. The molecule has 2 aromatic carbocycles. The highest BCUT2D eigenvalue weighted by molar-refractivity contribution is 7.14. The molecule has 0 spiro atoms. The van der Waals surface area contributed by atoms with E-state index in [1.807, 2.05) is 30.3 Å². The summed E-state index contributed by atoms with van der Waals surface area (Å²) in [5, 5.41) is 10.2. The Bertz CT molecular complexity index is 1130. The van der Waals surface area contributed by atoms with Crippen LogP contribution in [0.1, 0.15) is 11.5 Å². The molecule has 0 bridgehead atoms. The summed E-state index contributed by atoms with van der Waals surface area (Å²) in [5.41, 5.74) is 9.15. The number of hydrogen-bond acceptors (Lipinski definition) is 9. The molecule has 0 atom stereocenters. The standard InChI is InChI=1S/C19H15FN6O2S/c20-15-7-6-12(9-22-25-19-23-16(21)11-29-19)8-14(15)18-24-17(28-26-18)10-27-13-4-2-1-3-5-13/h1-9,11H,10,21H2,(H,23,25). The monoisotopic (exact) mass is 410 g/mol. The maximum atomic E-state index is 14.3. The summed E-state index contributed by atoms with van der Waals surface area (Å²) in [7, 11) is 0. The number of hydrogen-bond donors (Lipinski definition) is 2. The molecular formula is C19H15FN6O2S. The van der Waals surface area contributed by atoms with Gasteiger partial charge in [-0.2, -0.15) is 10.1 Å². The molecular weight excluding hydrogens is 395 g/mol. The molecule has 0 unspecified atom stereocenters. The number of nitrogens with one attached hydrogen (secondary N) is 1. The predicted molar refractivity (Wildman–Crippen MR) is 108 cm³/mol. The van der Waals surface area contributed by atoms with E-state index in [0.717, 1.165) is 0 Å². The lowest BCUT2D eigenvalue weighted by molar-refractivity contribution is 0.243. The molecule has 3 N–H and O–H groups in total. The topological polar surface area (TPSA) is 111 Å². The smallest absolute Gasteiger partial charge is 0.264 e. The summed E-state index contributed by atoms with van der Waals surface area (Å²) >= 11 is 1.33. The van der Waals surface area contributed by atoms with Crippen LogP contribution in [0, 0.1) is 5.82 Å². The van der Waals surface area contributed by atoms with Gasteiger partial charge in [0.1, 0.15) is 17.4 Å². The quantitative estimate of drug-likeness (QED) is 0.351. The largest absolute Gasteiger partial charge is 0.484 e. The molecule has 0 radical (unpaired) electrons. The minimum Gasteiger partial charge on any atom is -0.484 e. The molecule has 0 saturated carbocycles. The Labute approximate surface area is 168 Å². The molecule has 0 aliphatic rings. The summed E-state index contributed by atoms with van der Waals surface area (Å²) in [6.45, 7) is 0.0840. The highest BCUT2D eigenvalue weighted by Gasteiger charge is 2.14. The zero-order valence-electron chi connectivity index (χ0n) is 14.9. The molecule has 2 aromatic heterocycles. The van der Waals surface area contributed by atoms with Gasteiger partial charge in [0, 0.05) is 5.38 Å². The van der Waals surface area contributed by atoms with Crippen LogP contribution in [0.4, 0.5) is 15.3 Å². The van der Waals surface area contributed by atoms with Gasteiger partial charge in [-0.15, -0.1) is 11.3 Å². The first kappa shape index (κ1) is 18.6. The third-order valence-electron chi connectivity index (χ3n) is 3.70. The predicted octanol–water partition coefficient (Wildman–Crippen LogP) is 3.94. The number of thiazole rings is 1. The van der Waals surface area contributed by atoms with Gasteiger partial charge in [0.2, 0.25) is 11.0 Å². The number of rotatable bonds is 7. The van der Waals surface area contributed by atoms with Gasteiger partial charge in [-0.1, -0.05) is 29.4 Å². The van der Waals surface area contributed by atoms with Gasteiger partial charge >= 0.3 is 0 Å². The first-order valence-electron chi connectivity index (χ1n) is 8.48. The lowest BCUT2D eigenvalue weighted by Gasteiger charge is -2.01. The molecule has 0 aliphatic carbocycles. The van der Waals surface area contributed by atoms with Crippen molar-refractivity contribution in [3.05, 3.63) is 71.2 Å². The second-order valence-corrected chi connectivity index (χ2v) is 6.66. The fourth-order valence-electron chi connectivity index (χ4n) is 2.38. The van der Waals surface area contributed by atoms with Crippen molar-refractivity contribution < 1.29 is 13.7 Å². The van der Waals surface area contributed by atoms with Crippen molar-refractivity contribution in [1.29, 1.82) is 0 Å². The molecule has 4 aromatic rings. The van der Waals surface area contributed by atoms with Crippen LogP contribution in [-0.2, 0) is 6.61 Å². The highest BCUT2D eigenvalue weighted by Crippen LogP contribution is 2.22. The van der Waals surface area contributed by atoms with E-state index in [2.05, 4.69) is 25.7 Å². The van der Waals surface area contributed by atoms with Crippen molar-refractivity contribution in [3.63, 3.8) is 0 Å². The van der Waals surface area contributed by atoms with Gasteiger partial charge in [-0.05, 0) is 29.8 Å². The van der Waals surface area contributed by atoms with Gasteiger partial charge < -0.3 is 15.0 Å². The van der Waals surface area contributed by atoms with Crippen LogP contribution in [0.3, 0.4) is 0 Å². The van der Waals surface area contributed by atoms with Gasteiger partial charge in [0.15, 0.2) is 6.61 Å². The molecule has 0 amide bonds. The lowest BCUT2D eigenvalue weighted by Crippen LogP contribution is -1.96. The second kappa shape index (κ2) is 8.48. The van der Waals surface area contributed by atoms with Gasteiger partial charge in [0.05, 0.1) is 11.8 Å². The fourth-order valence-corrected chi connectivity index (χ4v) is 2.93. The molecule has 0 aliphatic heterocycles. The summed E-state index contributed by atoms with van der Waals surface area (Å²) in [5.74, 6) is 0.988. The van der Waals surface area contributed by atoms with E-state index in [4.69, 9.17) is 15.0 Å². The number of para-hydroxylation sites is 1. The van der Waals surface area contributed by atoms with E-state index >= 15 is 0 Å². The van der Waals surface area contributed by atoms with Crippen LogP contribution in [0.25, 0.3) is 11.4 Å². The van der Waals surface area contributed by atoms with Gasteiger partial charge in [-0.25, -0.2) is 9.37 Å². The summed E-state index contributed by atoms with van der Waals surface area (Å²) in [4.78, 5) is 8.23. The number of halogens is 1. The van der Waals surface area contributed by atoms with E-state index in [-0.39, 0.29) is 23.9 Å². The Morgan fingerprint density at radius 1 is 1.21 bits per heavy atom. The minimum absolute atomic E-state index is 0.0840. The Kier molecular flexibility index (Phi) is 5.43. The number of benzene rings is 2. The molecule has 0 saturated heterocycles. The molecule has 8 nitrogen and oxygen atoms in total. The van der Waals surface area contributed by atoms with Gasteiger partial charge in [0.25, 0.3) is 5.89 Å². The lowest BCUT2D eigenvalue weighted by atomic mass is 10.1. The Balaban J connectivity index is 1.45. The molecule has 0 fully saturated rings. The Morgan fingerprint density at radius 3 is 2.86 bits per heavy atom. The van der Waals surface area contributed by atoms with Crippen LogP contribution in [0.15, 0.2) is 63.5 Å². The van der Waals surface area contributed by atoms with Crippen molar-refractivity contribution in [3.8, 4) is 17.1 Å². The van der Waals surface area contributed by atoms with Crippen LogP contribution in [0.2, 0.25) is 0 Å². The maximum Gasteiger partial charge on any atom is 0.264 e. The summed E-state index contributed by atoms with van der Waals surface area (Å²) in [6, 6.07) is 13.7. The zero-order chi connectivity index (χ0) is 20.1. The third kappa shape index (κ3) is 4.74. The number of aromatic nitrogens is 3. The van der Waals surface area contributed by atoms with Crippen molar-refractivity contribution >= 4 is 28.5 Å². The van der Waals surface area contributed by atoms with Crippen molar-refractivity contribution in [1.82, 2.24) is 15.1 Å². The van der Waals surface area contributed by atoms with Crippen LogP contribution in [0.5, 0.6) is 5.75 Å². The Hall–Kier alpha value is -3.79. The van der Waals surface area contributed by atoms with Crippen LogP contribution < -0.4 is 15.9 Å². The molecule has 146 valence electrons. The zero-order valence-corrected chi connectivity index (χ0v) is 15.8. The number of nitrogens with zero attached hydrogens (tertiary/aromatic N) is 4. The van der Waals surface area contributed by atoms with Crippen molar-refractivity contribution in [2.24, 2.45) is 5.10 Å². The van der Waals surface area contributed by atoms with E-state index in [0.29, 0.717) is 22.3 Å². The SMILES string of the molecule is Nc1csc(NN=Cc2ccc(F)c(-c3noc(COc4ccccc4)n3)c2)n1. The van der Waals surface area contributed by atoms with Crippen molar-refractivity contribution in [2.45, 2.75) is 6.61 Å². The molecule has 4 rings (SSSR count). The normalized spacial score (nSPS) is 11.1. The number of hydrazone groups is 1. The van der Waals surface area contributed by atoms with E-state index in [9.17, 15) is 4.39 Å². The average Bonchev–Trinajstić information content (AvgIpc) is 3.37. The fraction of sp³-hybridized carbons (Fsp3) is 0.0526. The number of nitrogens with two attached hydrogens (primary N) is 1. The second-order valence-electron chi connectivity index (χ2n) is 5.80. The number of anilines is 2. The number of nitrogen functional groups attached to an aromatic ring is 1.